The molecule has 0 saturated heterocycles. The second kappa shape index (κ2) is 11.7. The van der Waals surface area contributed by atoms with Crippen LogP contribution in [0.3, 0.4) is 0 Å². The van der Waals surface area contributed by atoms with Crippen molar-refractivity contribution in [3.63, 3.8) is 0 Å². The Hall–Kier alpha value is -2.09. The Morgan fingerprint density at radius 2 is 2.04 bits per heavy atom. The molecule has 1 heterocycles. The monoisotopic (exact) mass is 436 g/mol. The lowest BCUT2D eigenvalue weighted by Crippen LogP contribution is -2.35. The van der Waals surface area contributed by atoms with E-state index >= 15 is 0 Å². The first-order valence-corrected chi connectivity index (χ1v) is 10.4. The largest absolute Gasteiger partial charge is 0.457 e. The number of carbonyl (C=O) groups excluding carboxylic acids is 2. The topological polar surface area (TPSA) is 71.3 Å². The van der Waals surface area contributed by atoms with Gasteiger partial charge in [-0.05, 0) is 36.8 Å². The van der Waals surface area contributed by atoms with Gasteiger partial charge < -0.3 is 15.1 Å². The Balaban J connectivity index is 1.93. The minimum absolute atomic E-state index is 0.0685. The molecule has 0 aliphatic rings. The number of halogens is 1. The summed E-state index contributed by atoms with van der Waals surface area (Å²) in [4.78, 5) is 23.4. The molecule has 2 rings (SSSR count). The smallest absolute Gasteiger partial charge is 0.239 e. The molecule has 1 aromatic carbocycles. The molecule has 0 fully saturated rings. The van der Waals surface area contributed by atoms with Gasteiger partial charge in [0.2, 0.25) is 5.91 Å². The zero-order valence-corrected chi connectivity index (χ0v) is 17.8. The number of rotatable bonds is 9. The molecule has 0 saturated carbocycles. The molecule has 5 nitrogen and oxygen atoms in total. The summed E-state index contributed by atoms with van der Waals surface area (Å²) < 4.78 is 6.09. The van der Waals surface area contributed by atoms with Crippen LogP contribution in [-0.4, -0.2) is 29.6 Å². The van der Waals surface area contributed by atoms with Crippen LogP contribution in [0.2, 0.25) is 5.02 Å². The summed E-state index contributed by atoms with van der Waals surface area (Å²) in [7, 11) is 0. The van der Waals surface area contributed by atoms with Gasteiger partial charge in [-0.2, -0.15) is 0 Å². The molecule has 1 amide bonds. The highest BCUT2D eigenvalue weighted by Crippen LogP contribution is 2.30. The standard InChI is InChI=1S/C20H21ClN2O3S2/c1-2-3-10-22-19(25)12-23-20(27)28-15(13-24)11-14-8-9-18(26-14)16-6-4-5-7-17(16)21/h4-9,11,13H,2-3,10,12H2,1H3,(H,22,25)(H,23,27)/b15-11-. The van der Waals surface area contributed by atoms with E-state index in [1.165, 1.54) is 0 Å². The molecule has 0 atom stereocenters. The van der Waals surface area contributed by atoms with Gasteiger partial charge in [-0.15, -0.1) is 0 Å². The third-order valence-electron chi connectivity index (χ3n) is 3.62. The highest BCUT2D eigenvalue weighted by atomic mass is 35.5. The fourth-order valence-electron chi connectivity index (χ4n) is 2.23. The first kappa shape index (κ1) is 22.2. The van der Waals surface area contributed by atoms with E-state index in [4.69, 9.17) is 28.2 Å². The summed E-state index contributed by atoms with van der Waals surface area (Å²) in [5.41, 5.74) is 0.774. The van der Waals surface area contributed by atoms with Crippen molar-refractivity contribution in [1.29, 1.82) is 0 Å². The van der Waals surface area contributed by atoms with Crippen LogP contribution in [0.1, 0.15) is 25.5 Å². The van der Waals surface area contributed by atoms with Gasteiger partial charge in [-0.25, -0.2) is 0 Å². The van der Waals surface area contributed by atoms with Crippen LogP contribution in [-0.2, 0) is 9.59 Å². The Morgan fingerprint density at radius 3 is 2.75 bits per heavy atom. The number of allylic oxidation sites excluding steroid dienone is 1. The first-order chi connectivity index (χ1) is 13.5. The van der Waals surface area contributed by atoms with Gasteiger partial charge in [0.05, 0.1) is 16.5 Å². The van der Waals surface area contributed by atoms with Gasteiger partial charge in [0.25, 0.3) is 0 Å². The quantitative estimate of drug-likeness (QED) is 0.258. The lowest BCUT2D eigenvalue weighted by atomic mass is 10.2. The normalized spacial score (nSPS) is 11.1. The van der Waals surface area contributed by atoms with Crippen molar-refractivity contribution < 1.29 is 14.0 Å². The molecule has 148 valence electrons. The average molecular weight is 437 g/mol. The molecule has 2 N–H and O–H groups in total. The number of thioether (sulfide) groups is 1. The third kappa shape index (κ3) is 7.14. The molecule has 0 aliphatic heterocycles. The molecule has 0 unspecified atom stereocenters. The molecular formula is C20H21ClN2O3S2. The number of benzene rings is 1. The van der Waals surface area contributed by atoms with E-state index in [-0.39, 0.29) is 12.5 Å². The number of nitrogens with one attached hydrogen (secondary N) is 2. The summed E-state index contributed by atoms with van der Waals surface area (Å²) >= 11 is 12.4. The van der Waals surface area contributed by atoms with Crippen LogP contribution < -0.4 is 10.6 Å². The minimum Gasteiger partial charge on any atom is -0.457 e. The van der Waals surface area contributed by atoms with Gasteiger partial charge in [0.1, 0.15) is 15.8 Å². The van der Waals surface area contributed by atoms with Gasteiger partial charge in [0, 0.05) is 12.1 Å². The van der Waals surface area contributed by atoms with Gasteiger partial charge in [-0.3, -0.25) is 9.59 Å². The van der Waals surface area contributed by atoms with Crippen molar-refractivity contribution in [2.45, 2.75) is 19.8 Å². The molecule has 0 aliphatic carbocycles. The maximum atomic E-state index is 11.7. The zero-order valence-electron chi connectivity index (χ0n) is 15.4. The summed E-state index contributed by atoms with van der Waals surface area (Å²) in [6.45, 7) is 2.77. The van der Waals surface area contributed by atoms with E-state index in [2.05, 4.69) is 17.6 Å². The minimum atomic E-state index is -0.136. The average Bonchev–Trinajstić information content (AvgIpc) is 3.14. The summed E-state index contributed by atoms with van der Waals surface area (Å²) in [5, 5.41) is 6.20. The summed E-state index contributed by atoms with van der Waals surface area (Å²) in [6.07, 6.45) is 4.23. The van der Waals surface area contributed by atoms with Crippen LogP contribution >= 0.6 is 35.6 Å². The van der Waals surface area contributed by atoms with Crippen LogP contribution in [0, 0.1) is 0 Å². The molecule has 0 radical (unpaired) electrons. The number of unbranched alkanes of at least 4 members (excludes halogenated alkanes) is 1. The summed E-state index contributed by atoms with van der Waals surface area (Å²) in [5.74, 6) is 0.977. The fraction of sp³-hybridized carbons (Fsp3) is 0.250. The molecule has 8 heteroatoms. The third-order valence-corrected chi connectivity index (χ3v) is 5.13. The summed E-state index contributed by atoms with van der Waals surface area (Å²) in [6, 6.07) is 10.9. The maximum Gasteiger partial charge on any atom is 0.239 e. The molecule has 1 aromatic heterocycles. The molecule has 0 bridgehead atoms. The van der Waals surface area contributed by atoms with Crippen molar-refractivity contribution in [2.24, 2.45) is 0 Å². The van der Waals surface area contributed by atoms with Crippen LogP contribution in [0.25, 0.3) is 17.4 Å². The zero-order chi connectivity index (χ0) is 20.4. The molecule has 0 spiro atoms. The SMILES string of the molecule is CCCCNC(=O)CNC(=S)S/C(C=O)=C\c1ccc(-c2ccccc2Cl)o1. The highest BCUT2D eigenvalue weighted by molar-refractivity contribution is 8.26. The maximum absolute atomic E-state index is 11.7. The number of hydrogen-bond acceptors (Lipinski definition) is 5. The fourth-order valence-corrected chi connectivity index (χ4v) is 3.40. The molecular weight excluding hydrogens is 416 g/mol. The Labute approximate surface area is 178 Å². The first-order valence-electron chi connectivity index (χ1n) is 8.77. The molecule has 2 aromatic rings. The number of furan rings is 1. The lowest BCUT2D eigenvalue weighted by molar-refractivity contribution is -0.120. The predicted molar refractivity (Wildman–Crippen MR) is 119 cm³/mol. The van der Waals surface area contributed by atoms with Crippen LogP contribution in [0.15, 0.2) is 45.7 Å². The van der Waals surface area contributed by atoms with E-state index < -0.39 is 0 Å². The second-order valence-electron chi connectivity index (χ2n) is 5.79. The van der Waals surface area contributed by atoms with E-state index in [0.29, 0.717) is 38.6 Å². The lowest BCUT2D eigenvalue weighted by Gasteiger charge is -2.07. The van der Waals surface area contributed by atoms with E-state index in [0.717, 1.165) is 30.2 Å². The number of thiocarbonyl (C=S) groups is 1. The number of carbonyl (C=O) groups is 2. The number of aldehydes is 1. The van der Waals surface area contributed by atoms with Gasteiger partial charge in [-0.1, -0.05) is 61.1 Å². The van der Waals surface area contributed by atoms with Gasteiger partial charge >= 0.3 is 0 Å². The Kier molecular flexibility index (Phi) is 9.27. The second-order valence-corrected chi connectivity index (χ2v) is 7.95. The van der Waals surface area contributed by atoms with Gasteiger partial charge in [0.15, 0.2) is 6.29 Å². The predicted octanol–water partition coefficient (Wildman–Crippen LogP) is 4.66. The van der Waals surface area contributed by atoms with Crippen LogP contribution in [0.5, 0.6) is 0 Å². The van der Waals surface area contributed by atoms with Crippen molar-refractivity contribution in [3.05, 3.63) is 52.1 Å². The Morgan fingerprint density at radius 1 is 1.25 bits per heavy atom. The van der Waals surface area contributed by atoms with Crippen molar-refractivity contribution in [3.8, 4) is 11.3 Å². The van der Waals surface area contributed by atoms with E-state index in [1.54, 1.807) is 24.3 Å². The molecule has 28 heavy (non-hydrogen) atoms. The number of amides is 1. The van der Waals surface area contributed by atoms with E-state index in [9.17, 15) is 9.59 Å². The van der Waals surface area contributed by atoms with Crippen LogP contribution in [0.4, 0.5) is 0 Å². The Bertz CT molecular complexity index is 865. The highest BCUT2D eigenvalue weighted by Gasteiger charge is 2.10. The van der Waals surface area contributed by atoms with E-state index in [1.807, 2.05) is 18.2 Å². The van der Waals surface area contributed by atoms with Crippen molar-refractivity contribution in [2.75, 3.05) is 13.1 Å². The van der Waals surface area contributed by atoms with Crippen molar-refractivity contribution >= 4 is 58.2 Å². The van der Waals surface area contributed by atoms with Crippen molar-refractivity contribution in [1.82, 2.24) is 10.6 Å². The number of hydrogen-bond donors (Lipinski definition) is 2.